The SMILES string of the molecule is O=Cc1cc(=O)oc2cc(N[C@H](C=O)[C@H](O)[C@@H](O)[C@@H](O)CO)ccc12. The molecule has 0 aliphatic rings. The van der Waals surface area contributed by atoms with Crippen LogP contribution in [0.5, 0.6) is 0 Å². The smallest absolute Gasteiger partial charge is 0.336 e. The van der Waals surface area contributed by atoms with Crippen molar-refractivity contribution in [2.45, 2.75) is 24.4 Å². The van der Waals surface area contributed by atoms with Crippen molar-refractivity contribution in [3.63, 3.8) is 0 Å². The lowest BCUT2D eigenvalue weighted by molar-refractivity contribution is -0.117. The molecule has 5 N–H and O–H groups in total. The Morgan fingerprint density at radius 2 is 1.84 bits per heavy atom. The number of nitrogens with one attached hydrogen (secondary N) is 1. The number of aldehydes is 2. The maximum absolute atomic E-state index is 11.4. The molecule has 1 aromatic carbocycles. The lowest BCUT2D eigenvalue weighted by Crippen LogP contribution is -2.49. The van der Waals surface area contributed by atoms with Gasteiger partial charge in [-0.2, -0.15) is 0 Å². The summed E-state index contributed by atoms with van der Waals surface area (Å²) in [5, 5.41) is 40.8. The number of aliphatic hydroxyl groups is 4. The molecule has 1 aromatic heterocycles. The van der Waals surface area contributed by atoms with E-state index in [1.165, 1.54) is 18.2 Å². The zero-order valence-electron chi connectivity index (χ0n) is 12.9. The minimum Gasteiger partial charge on any atom is -0.423 e. The normalized spacial score (nSPS) is 16.0. The van der Waals surface area contributed by atoms with E-state index in [9.17, 15) is 29.7 Å². The molecule has 0 unspecified atom stereocenters. The third-order valence-electron chi connectivity index (χ3n) is 3.68. The number of rotatable bonds is 8. The summed E-state index contributed by atoms with van der Waals surface area (Å²) in [7, 11) is 0. The Hall–Kier alpha value is -2.59. The van der Waals surface area contributed by atoms with Crippen molar-refractivity contribution in [1.29, 1.82) is 0 Å². The maximum atomic E-state index is 11.4. The zero-order valence-corrected chi connectivity index (χ0v) is 12.9. The molecule has 0 saturated carbocycles. The molecule has 0 saturated heterocycles. The van der Waals surface area contributed by atoms with E-state index in [-0.39, 0.29) is 16.8 Å². The fourth-order valence-corrected chi connectivity index (χ4v) is 2.32. The number of carbonyl (C=O) groups is 2. The highest BCUT2D eigenvalue weighted by Gasteiger charge is 2.31. The first-order valence-electron chi connectivity index (χ1n) is 7.31. The van der Waals surface area contributed by atoms with Crippen LogP contribution in [-0.4, -0.2) is 64.0 Å². The molecule has 9 heteroatoms. The average Bonchev–Trinajstić information content (AvgIpc) is 2.62. The lowest BCUT2D eigenvalue weighted by Gasteiger charge is -2.26. The van der Waals surface area contributed by atoms with Gasteiger partial charge in [-0.15, -0.1) is 0 Å². The summed E-state index contributed by atoms with van der Waals surface area (Å²) in [5.74, 6) is 0. The topological polar surface area (TPSA) is 157 Å². The predicted octanol–water partition coefficient (Wildman–Crippen LogP) is -1.34. The predicted molar refractivity (Wildman–Crippen MR) is 86.5 cm³/mol. The highest BCUT2D eigenvalue weighted by Crippen LogP contribution is 2.21. The number of fused-ring (bicyclic) bond motifs is 1. The molecule has 0 fully saturated rings. The molecule has 9 nitrogen and oxygen atoms in total. The second kappa shape index (κ2) is 7.99. The third-order valence-corrected chi connectivity index (χ3v) is 3.68. The van der Waals surface area contributed by atoms with E-state index in [1.807, 2.05) is 0 Å². The van der Waals surface area contributed by atoms with Gasteiger partial charge in [0.15, 0.2) is 6.29 Å². The Kier molecular flexibility index (Phi) is 5.99. The van der Waals surface area contributed by atoms with Gasteiger partial charge >= 0.3 is 5.63 Å². The van der Waals surface area contributed by atoms with Crippen LogP contribution >= 0.6 is 0 Å². The Morgan fingerprint density at radius 3 is 2.44 bits per heavy atom. The molecular formula is C16H17NO8. The highest BCUT2D eigenvalue weighted by atomic mass is 16.4. The molecule has 0 bridgehead atoms. The van der Waals surface area contributed by atoms with Gasteiger partial charge in [0.25, 0.3) is 0 Å². The first-order valence-corrected chi connectivity index (χ1v) is 7.31. The van der Waals surface area contributed by atoms with Crippen LogP contribution in [0.4, 0.5) is 5.69 Å². The Labute approximate surface area is 141 Å². The summed E-state index contributed by atoms with van der Waals surface area (Å²) in [6, 6.07) is 4.05. The van der Waals surface area contributed by atoms with Crippen LogP contribution in [0.2, 0.25) is 0 Å². The van der Waals surface area contributed by atoms with E-state index >= 15 is 0 Å². The lowest BCUT2D eigenvalue weighted by atomic mass is 10.0. The summed E-state index contributed by atoms with van der Waals surface area (Å²) >= 11 is 0. The number of carbonyl (C=O) groups excluding carboxylic acids is 2. The van der Waals surface area contributed by atoms with Gasteiger partial charge in [-0.3, -0.25) is 4.79 Å². The number of aliphatic hydroxyl groups excluding tert-OH is 4. The van der Waals surface area contributed by atoms with Gasteiger partial charge in [0.05, 0.1) is 6.61 Å². The second-order valence-electron chi connectivity index (χ2n) is 5.39. The van der Waals surface area contributed by atoms with Crippen LogP contribution in [-0.2, 0) is 4.79 Å². The number of hydrogen-bond acceptors (Lipinski definition) is 9. The van der Waals surface area contributed by atoms with E-state index in [4.69, 9.17) is 9.52 Å². The van der Waals surface area contributed by atoms with Crippen molar-refractivity contribution in [3.05, 3.63) is 40.2 Å². The fourth-order valence-electron chi connectivity index (χ4n) is 2.32. The van der Waals surface area contributed by atoms with Crippen LogP contribution in [0.1, 0.15) is 10.4 Å². The Balaban J connectivity index is 2.30. The van der Waals surface area contributed by atoms with Crippen molar-refractivity contribution >= 4 is 29.2 Å². The van der Waals surface area contributed by atoms with E-state index < -0.39 is 36.6 Å². The van der Waals surface area contributed by atoms with Crippen LogP contribution in [0.15, 0.2) is 33.5 Å². The molecule has 0 spiro atoms. The molecule has 1 heterocycles. The van der Waals surface area contributed by atoms with Crippen LogP contribution in [0, 0.1) is 0 Å². The molecule has 0 radical (unpaired) electrons. The average molecular weight is 351 g/mol. The third kappa shape index (κ3) is 4.09. The van der Waals surface area contributed by atoms with Crippen molar-refractivity contribution in [1.82, 2.24) is 0 Å². The van der Waals surface area contributed by atoms with Gasteiger partial charge in [0.2, 0.25) is 0 Å². The maximum Gasteiger partial charge on any atom is 0.336 e. The van der Waals surface area contributed by atoms with Crippen LogP contribution in [0.25, 0.3) is 11.0 Å². The molecule has 134 valence electrons. The number of anilines is 1. The van der Waals surface area contributed by atoms with E-state index in [0.717, 1.165) is 6.07 Å². The molecule has 0 amide bonds. The van der Waals surface area contributed by atoms with E-state index in [1.54, 1.807) is 0 Å². The molecule has 25 heavy (non-hydrogen) atoms. The second-order valence-corrected chi connectivity index (χ2v) is 5.39. The van der Waals surface area contributed by atoms with Crippen molar-refractivity contribution in [2.75, 3.05) is 11.9 Å². The van der Waals surface area contributed by atoms with Crippen LogP contribution < -0.4 is 10.9 Å². The Morgan fingerprint density at radius 1 is 1.12 bits per heavy atom. The molecule has 0 aliphatic carbocycles. The van der Waals surface area contributed by atoms with Gasteiger partial charge in [0, 0.05) is 28.8 Å². The molecule has 0 aliphatic heterocycles. The summed E-state index contributed by atoms with van der Waals surface area (Å²) < 4.78 is 5.00. The van der Waals surface area contributed by atoms with Crippen molar-refractivity contribution < 1.29 is 34.4 Å². The summed E-state index contributed by atoms with van der Waals surface area (Å²) in [4.78, 5) is 33.6. The molecule has 2 aromatic rings. The summed E-state index contributed by atoms with van der Waals surface area (Å²) in [6.45, 7) is -0.792. The fraction of sp³-hybridized carbons (Fsp3) is 0.312. The van der Waals surface area contributed by atoms with Gasteiger partial charge < -0.3 is 35.0 Å². The molecule has 4 atom stereocenters. The minimum absolute atomic E-state index is 0.0923. The standard InChI is InChI=1S/C16H17NO8/c18-5-8-3-14(22)25-13-4-9(1-2-10(8)13)17-11(6-19)15(23)16(24)12(21)7-20/h1-6,11-12,15-17,20-21,23-24H,7H2/t11-,12+,15+,16+/m1/s1. The van der Waals surface area contributed by atoms with E-state index in [0.29, 0.717) is 18.0 Å². The largest absolute Gasteiger partial charge is 0.423 e. The monoisotopic (exact) mass is 351 g/mol. The van der Waals surface area contributed by atoms with Crippen molar-refractivity contribution in [3.8, 4) is 0 Å². The zero-order chi connectivity index (χ0) is 18.6. The highest BCUT2D eigenvalue weighted by molar-refractivity contribution is 5.96. The van der Waals surface area contributed by atoms with Gasteiger partial charge in [-0.05, 0) is 12.1 Å². The molecule has 2 rings (SSSR count). The van der Waals surface area contributed by atoms with E-state index in [2.05, 4.69) is 5.32 Å². The van der Waals surface area contributed by atoms with Gasteiger partial charge in [-0.25, -0.2) is 4.79 Å². The van der Waals surface area contributed by atoms with Crippen molar-refractivity contribution in [2.24, 2.45) is 0 Å². The first kappa shape index (κ1) is 18.7. The quantitative estimate of drug-likeness (QED) is 0.287. The number of benzene rings is 1. The summed E-state index contributed by atoms with van der Waals surface area (Å²) in [6.07, 6.45) is -4.25. The minimum atomic E-state index is -1.76. The summed E-state index contributed by atoms with van der Waals surface area (Å²) in [5.41, 5.74) is -0.221. The van der Waals surface area contributed by atoms with Gasteiger partial charge in [-0.1, -0.05) is 0 Å². The Bertz CT molecular complexity index is 817. The van der Waals surface area contributed by atoms with Gasteiger partial charge in [0.1, 0.15) is 36.2 Å². The number of hydrogen-bond donors (Lipinski definition) is 5. The first-order chi connectivity index (χ1) is 11.9. The molecular weight excluding hydrogens is 334 g/mol. The van der Waals surface area contributed by atoms with Crippen LogP contribution in [0.3, 0.4) is 0 Å².